The van der Waals surface area contributed by atoms with Crippen molar-refractivity contribution in [1.29, 1.82) is 0 Å². The van der Waals surface area contributed by atoms with Crippen LogP contribution < -0.4 is 10.2 Å². The zero-order chi connectivity index (χ0) is 21.4. The minimum atomic E-state index is -0.292. The van der Waals surface area contributed by atoms with Crippen LogP contribution in [0.15, 0.2) is 59.1 Å². The summed E-state index contributed by atoms with van der Waals surface area (Å²) < 4.78 is 0.748. The van der Waals surface area contributed by atoms with Crippen LogP contribution in [0.4, 0.5) is 11.4 Å². The molecule has 6 unspecified atom stereocenters. The number of amides is 3. The topological polar surface area (TPSA) is 66.5 Å². The third-order valence-electron chi connectivity index (χ3n) is 7.23. The predicted molar refractivity (Wildman–Crippen MR) is 121 cm³/mol. The molecule has 156 valence electrons. The van der Waals surface area contributed by atoms with Gasteiger partial charge in [0.05, 0.1) is 22.5 Å². The second-order valence-electron chi connectivity index (χ2n) is 8.80. The third-order valence-corrected chi connectivity index (χ3v) is 8.46. The van der Waals surface area contributed by atoms with E-state index in [0.29, 0.717) is 33.8 Å². The van der Waals surface area contributed by atoms with Crippen molar-refractivity contribution in [2.75, 3.05) is 10.2 Å². The Morgan fingerprint density at radius 3 is 2.16 bits per heavy atom. The molecule has 3 fully saturated rings. The number of anilines is 2. The standard InChI is InChI=1S/C24H18BrClN2O3/c25-18-8-3-12(9-19(18)26)27-22(29)11-1-4-13(5-2-11)28-23(30)20-14-6-7-15(17-10-16(14)17)21(20)24(28)31/h1-9,14-17,20-21H,10H2,(H,27,29). The van der Waals surface area contributed by atoms with Crippen LogP contribution in [0.3, 0.4) is 0 Å². The Morgan fingerprint density at radius 1 is 0.968 bits per heavy atom. The van der Waals surface area contributed by atoms with Gasteiger partial charge in [-0.25, -0.2) is 0 Å². The number of halogens is 2. The SMILES string of the molecule is O=C(Nc1ccc(Br)c(Cl)c1)c1ccc(N2C(=O)C3C4C=CC(C5CC45)C3C2=O)cc1. The largest absolute Gasteiger partial charge is 0.322 e. The molecule has 3 amide bonds. The molecule has 0 spiro atoms. The van der Waals surface area contributed by atoms with Crippen molar-refractivity contribution in [3.63, 3.8) is 0 Å². The second-order valence-corrected chi connectivity index (χ2v) is 10.1. The molecule has 2 aromatic rings. The van der Waals surface area contributed by atoms with Crippen molar-refractivity contribution in [3.8, 4) is 0 Å². The predicted octanol–water partition coefficient (Wildman–Crippen LogP) is 4.91. The number of hydrogen-bond acceptors (Lipinski definition) is 3. The van der Waals surface area contributed by atoms with Crippen LogP contribution in [-0.4, -0.2) is 17.7 Å². The van der Waals surface area contributed by atoms with Gasteiger partial charge in [0.1, 0.15) is 0 Å². The summed E-state index contributed by atoms with van der Waals surface area (Å²) in [6, 6.07) is 11.8. The molecule has 0 aromatic heterocycles. The van der Waals surface area contributed by atoms with Crippen molar-refractivity contribution < 1.29 is 14.4 Å². The van der Waals surface area contributed by atoms with Gasteiger partial charge in [-0.1, -0.05) is 23.8 Å². The summed E-state index contributed by atoms with van der Waals surface area (Å²) in [7, 11) is 0. The van der Waals surface area contributed by atoms with Crippen molar-refractivity contribution in [3.05, 3.63) is 69.7 Å². The van der Waals surface area contributed by atoms with E-state index in [1.54, 1.807) is 42.5 Å². The van der Waals surface area contributed by atoms with Crippen LogP contribution in [0.5, 0.6) is 0 Å². The fraction of sp³-hybridized carbons (Fsp3) is 0.292. The lowest BCUT2D eigenvalue weighted by atomic mass is 9.63. The number of imide groups is 1. The van der Waals surface area contributed by atoms with Crippen molar-refractivity contribution >= 4 is 56.6 Å². The van der Waals surface area contributed by atoms with E-state index in [1.165, 1.54) is 4.90 Å². The number of allylic oxidation sites excluding steroid dienone is 2. The number of benzene rings is 2. The lowest BCUT2D eigenvalue weighted by Gasteiger charge is -2.37. The first-order valence-electron chi connectivity index (χ1n) is 10.4. The first-order chi connectivity index (χ1) is 14.9. The van der Waals surface area contributed by atoms with E-state index in [9.17, 15) is 14.4 Å². The average molecular weight is 498 g/mol. The summed E-state index contributed by atoms with van der Waals surface area (Å²) in [6.45, 7) is 0. The molecule has 2 saturated carbocycles. The van der Waals surface area contributed by atoms with Gasteiger partial charge in [0.25, 0.3) is 5.91 Å². The van der Waals surface area contributed by atoms with Gasteiger partial charge in [-0.05, 0) is 88.5 Å². The quantitative estimate of drug-likeness (QED) is 0.484. The van der Waals surface area contributed by atoms with Crippen LogP contribution in [0.25, 0.3) is 0 Å². The normalized spacial score (nSPS) is 32.1. The van der Waals surface area contributed by atoms with E-state index < -0.39 is 0 Å². The number of hydrogen-bond donors (Lipinski definition) is 1. The van der Waals surface area contributed by atoms with Gasteiger partial charge in [-0.2, -0.15) is 0 Å². The molecule has 2 bridgehead atoms. The third kappa shape index (κ3) is 2.84. The van der Waals surface area contributed by atoms with E-state index >= 15 is 0 Å². The van der Waals surface area contributed by atoms with Crippen molar-refractivity contribution in [2.45, 2.75) is 6.42 Å². The van der Waals surface area contributed by atoms with Gasteiger partial charge in [-0.15, -0.1) is 0 Å². The van der Waals surface area contributed by atoms with E-state index in [2.05, 4.69) is 33.4 Å². The maximum atomic E-state index is 13.2. The first kappa shape index (κ1) is 19.3. The van der Waals surface area contributed by atoms with Gasteiger partial charge < -0.3 is 5.32 Å². The van der Waals surface area contributed by atoms with E-state index in [-0.39, 0.29) is 41.4 Å². The summed E-state index contributed by atoms with van der Waals surface area (Å²) in [5.74, 6) is 0.612. The molecule has 31 heavy (non-hydrogen) atoms. The van der Waals surface area contributed by atoms with Crippen LogP contribution in [-0.2, 0) is 9.59 Å². The number of nitrogens with one attached hydrogen (secondary N) is 1. The monoisotopic (exact) mass is 496 g/mol. The van der Waals surface area contributed by atoms with E-state index in [1.807, 2.05) is 0 Å². The molecule has 2 aromatic carbocycles. The Bertz CT molecular complexity index is 1140. The van der Waals surface area contributed by atoms with Gasteiger partial charge in [0, 0.05) is 15.7 Å². The summed E-state index contributed by atoms with van der Waals surface area (Å²) in [5.41, 5.74) is 1.54. The van der Waals surface area contributed by atoms with E-state index in [0.717, 1.165) is 10.9 Å². The first-order valence-corrected chi connectivity index (χ1v) is 11.5. The highest BCUT2D eigenvalue weighted by atomic mass is 79.9. The molecular formula is C24H18BrClN2O3. The highest BCUT2D eigenvalue weighted by Crippen LogP contribution is 2.65. The minimum Gasteiger partial charge on any atom is -0.322 e. The number of carbonyl (C=O) groups is 3. The fourth-order valence-electron chi connectivity index (χ4n) is 5.75. The Balaban J connectivity index is 1.22. The molecule has 1 aliphatic heterocycles. The Kier molecular flexibility index (Phi) is 4.21. The van der Waals surface area contributed by atoms with Crippen molar-refractivity contribution in [1.82, 2.24) is 0 Å². The molecule has 0 radical (unpaired) electrons. The Morgan fingerprint density at radius 2 is 1.58 bits per heavy atom. The maximum Gasteiger partial charge on any atom is 0.255 e. The van der Waals surface area contributed by atoms with Crippen LogP contribution in [0, 0.1) is 35.5 Å². The summed E-state index contributed by atoms with van der Waals surface area (Å²) in [6.07, 6.45) is 5.47. The Labute approximate surface area is 192 Å². The zero-order valence-corrected chi connectivity index (χ0v) is 18.6. The number of rotatable bonds is 3. The molecule has 4 aliphatic carbocycles. The molecule has 5 nitrogen and oxygen atoms in total. The van der Waals surface area contributed by atoms with Gasteiger partial charge in [-0.3, -0.25) is 19.3 Å². The summed E-state index contributed by atoms with van der Waals surface area (Å²) >= 11 is 9.40. The minimum absolute atomic E-state index is 0.0959. The number of carbonyl (C=O) groups excluding carboxylic acids is 3. The molecular weight excluding hydrogens is 480 g/mol. The smallest absolute Gasteiger partial charge is 0.255 e. The lowest BCUT2D eigenvalue weighted by Crippen LogP contribution is -2.40. The molecule has 7 rings (SSSR count). The Hall–Kier alpha value is -2.44. The van der Waals surface area contributed by atoms with E-state index in [4.69, 9.17) is 11.6 Å². The van der Waals surface area contributed by atoms with Crippen LogP contribution in [0.2, 0.25) is 5.02 Å². The molecule has 1 heterocycles. The van der Waals surface area contributed by atoms with Gasteiger partial charge in [0.2, 0.25) is 11.8 Å². The average Bonchev–Trinajstić information content (AvgIpc) is 3.54. The molecule has 7 heteroatoms. The maximum absolute atomic E-state index is 13.2. The van der Waals surface area contributed by atoms with Crippen LogP contribution >= 0.6 is 27.5 Å². The second kappa shape index (κ2) is 6.78. The van der Waals surface area contributed by atoms with Crippen molar-refractivity contribution in [2.24, 2.45) is 35.5 Å². The molecule has 5 aliphatic rings. The number of nitrogens with zero attached hydrogens (tertiary/aromatic N) is 1. The summed E-state index contributed by atoms with van der Waals surface area (Å²) in [4.78, 5) is 40.3. The molecule has 1 N–H and O–H groups in total. The van der Waals surface area contributed by atoms with Gasteiger partial charge >= 0.3 is 0 Å². The highest BCUT2D eigenvalue weighted by molar-refractivity contribution is 9.10. The lowest BCUT2D eigenvalue weighted by molar-refractivity contribution is -0.124. The zero-order valence-electron chi connectivity index (χ0n) is 16.3. The summed E-state index contributed by atoms with van der Waals surface area (Å²) in [5, 5.41) is 3.30. The molecule has 6 atom stereocenters. The van der Waals surface area contributed by atoms with Crippen LogP contribution in [0.1, 0.15) is 16.8 Å². The van der Waals surface area contributed by atoms with Gasteiger partial charge in [0.15, 0.2) is 0 Å². The fourth-order valence-corrected chi connectivity index (χ4v) is 6.18. The highest BCUT2D eigenvalue weighted by Gasteiger charge is 2.67. The molecule has 1 saturated heterocycles.